The molecule has 1 aliphatic rings. The van der Waals surface area contributed by atoms with Crippen molar-refractivity contribution in [3.05, 3.63) is 22.8 Å². The molecule has 0 radical (unpaired) electrons. The fourth-order valence-corrected chi connectivity index (χ4v) is 2.72. The number of aliphatic hydroxyl groups is 1. The molecule has 3 N–H and O–H groups in total. The number of anilines is 1. The van der Waals surface area contributed by atoms with Crippen LogP contribution in [0.3, 0.4) is 0 Å². The van der Waals surface area contributed by atoms with Crippen LogP contribution in [0.1, 0.15) is 44.3 Å². The average Bonchev–Trinajstić information content (AvgIpc) is 2.32. The average molecular weight is 255 g/mol. The molecule has 1 heterocycles. The van der Waals surface area contributed by atoms with Gasteiger partial charge in [-0.2, -0.15) is 0 Å². The van der Waals surface area contributed by atoms with Crippen LogP contribution >= 0.6 is 11.6 Å². The minimum atomic E-state index is -0.534. The largest absolute Gasteiger partial charge is 0.388 e. The minimum Gasteiger partial charge on any atom is -0.388 e. The molecule has 1 fully saturated rings. The summed E-state index contributed by atoms with van der Waals surface area (Å²) < 4.78 is 0. The fourth-order valence-electron chi connectivity index (χ4n) is 2.56. The first-order valence-corrected chi connectivity index (χ1v) is 6.54. The quantitative estimate of drug-likeness (QED) is 0.852. The Labute approximate surface area is 107 Å². The second-order valence-corrected chi connectivity index (χ2v) is 5.53. The van der Waals surface area contributed by atoms with Crippen LogP contribution in [0.2, 0.25) is 5.02 Å². The van der Waals surface area contributed by atoms with E-state index in [9.17, 15) is 5.11 Å². The molecular formula is C13H19ClN2O. The van der Waals surface area contributed by atoms with Crippen molar-refractivity contribution >= 4 is 17.4 Å². The van der Waals surface area contributed by atoms with Crippen LogP contribution in [-0.2, 0) is 0 Å². The third kappa shape index (κ3) is 2.90. The Balaban J connectivity index is 2.13. The summed E-state index contributed by atoms with van der Waals surface area (Å²) in [6.07, 6.45) is 5.43. The van der Waals surface area contributed by atoms with Gasteiger partial charge in [-0.15, -0.1) is 0 Å². The summed E-state index contributed by atoms with van der Waals surface area (Å²) in [5.74, 6) is 1.45. The second kappa shape index (κ2) is 5.23. The fraction of sp³-hybridized carbons (Fsp3) is 0.615. The van der Waals surface area contributed by atoms with Crippen molar-refractivity contribution in [3.63, 3.8) is 0 Å². The van der Waals surface area contributed by atoms with Gasteiger partial charge in [0.25, 0.3) is 0 Å². The van der Waals surface area contributed by atoms with Crippen molar-refractivity contribution < 1.29 is 5.11 Å². The van der Waals surface area contributed by atoms with E-state index >= 15 is 0 Å². The standard InChI is InChI=1S/C13H19ClN2O/c1-8-2-4-9(5-3-8)12(17)11-6-10(14)7-16-13(11)15/h6-9,12,17H,2-5H2,1H3,(H2,15,16). The summed E-state index contributed by atoms with van der Waals surface area (Å²) >= 11 is 5.89. The van der Waals surface area contributed by atoms with Gasteiger partial charge in [0, 0.05) is 11.8 Å². The summed E-state index contributed by atoms with van der Waals surface area (Å²) in [6.45, 7) is 2.26. The van der Waals surface area contributed by atoms with Crippen LogP contribution < -0.4 is 5.73 Å². The maximum absolute atomic E-state index is 10.4. The maximum atomic E-state index is 10.4. The number of aromatic nitrogens is 1. The zero-order chi connectivity index (χ0) is 12.4. The minimum absolute atomic E-state index is 0.286. The molecular weight excluding hydrogens is 236 g/mol. The Hall–Kier alpha value is -0.800. The molecule has 1 atom stereocenters. The zero-order valence-corrected chi connectivity index (χ0v) is 10.8. The van der Waals surface area contributed by atoms with Crippen LogP contribution in [0.4, 0.5) is 5.82 Å². The molecule has 1 aromatic heterocycles. The lowest BCUT2D eigenvalue weighted by Crippen LogP contribution is -2.20. The zero-order valence-electron chi connectivity index (χ0n) is 10.1. The molecule has 94 valence electrons. The van der Waals surface area contributed by atoms with E-state index in [2.05, 4.69) is 11.9 Å². The number of hydrogen-bond donors (Lipinski definition) is 2. The van der Waals surface area contributed by atoms with E-state index in [1.165, 1.54) is 19.0 Å². The molecule has 1 unspecified atom stereocenters. The van der Waals surface area contributed by atoms with E-state index < -0.39 is 6.10 Å². The van der Waals surface area contributed by atoms with E-state index in [-0.39, 0.29) is 5.92 Å². The van der Waals surface area contributed by atoms with Gasteiger partial charge in [0.2, 0.25) is 0 Å². The number of aliphatic hydroxyl groups excluding tert-OH is 1. The number of pyridine rings is 1. The van der Waals surface area contributed by atoms with E-state index in [1.54, 1.807) is 6.07 Å². The Morgan fingerprint density at radius 1 is 1.41 bits per heavy atom. The van der Waals surface area contributed by atoms with Crippen LogP contribution in [0.5, 0.6) is 0 Å². The van der Waals surface area contributed by atoms with Crippen molar-refractivity contribution in [2.45, 2.75) is 38.7 Å². The van der Waals surface area contributed by atoms with E-state index in [0.29, 0.717) is 16.4 Å². The predicted octanol–water partition coefficient (Wildman–Crippen LogP) is 3.18. The molecule has 1 aliphatic carbocycles. The summed E-state index contributed by atoms with van der Waals surface area (Å²) in [7, 11) is 0. The number of nitrogens with zero attached hydrogens (tertiary/aromatic N) is 1. The lowest BCUT2D eigenvalue weighted by atomic mass is 9.78. The maximum Gasteiger partial charge on any atom is 0.129 e. The Morgan fingerprint density at radius 3 is 2.71 bits per heavy atom. The van der Waals surface area contributed by atoms with Crippen LogP contribution in [0.25, 0.3) is 0 Å². The third-order valence-electron chi connectivity index (χ3n) is 3.74. The summed E-state index contributed by atoms with van der Waals surface area (Å²) in [4.78, 5) is 4.00. The highest BCUT2D eigenvalue weighted by Crippen LogP contribution is 2.38. The van der Waals surface area contributed by atoms with Crippen LogP contribution in [-0.4, -0.2) is 10.1 Å². The first kappa shape index (κ1) is 12.7. The Morgan fingerprint density at radius 2 is 2.06 bits per heavy atom. The summed E-state index contributed by atoms with van der Waals surface area (Å²) in [5, 5.41) is 10.9. The molecule has 1 saturated carbocycles. The van der Waals surface area contributed by atoms with Crippen LogP contribution in [0, 0.1) is 11.8 Å². The first-order chi connectivity index (χ1) is 8.08. The molecule has 0 aliphatic heterocycles. The molecule has 1 aromatic rings. The first-order valence-electron chi connectivity index (χ1n) is 6.17. The number of halogens is 1. The number of rotatable bonds is 2. The highest BCUT2D eigenvalue weighted by atomic mass is 35.5. The highest BCUT2D eigenvalue weighted by Gasteiger charge is 2.27. The van der Waals surface area contributed by atoms with Gasteiger partial charge in [-0.3, -0.25) is 0 Å². The number of nitrogen functional groups attached to an aromatic ring is 1. The van der Waals surface area contributed by atoms with Gasteiger partial charge in [0.1, 0.15) is 5.82 Å². The van der Waals surface area contributed by atoms with Crippen molar-refractivity contribution in [2.24, 2.45) is 11.8 Å². The third-order valence-corrected chi connectivity index (χ3v) is 3.95. The van der Waals surface area contributed by atoms with Crippen molar-refractivity contribution in [1.29, 1.82) is 0 Å². The van der Waals surface area contributed by atoms with Crippen molar-refractivity contribution in [2.75, 3.05) is 5.73 Å². The molecule has 17 heavy (non-hydrogen) atoms. The molecule has 0 amide bonds. The van der Waals surface area contributed by atoms with Gasteiger partial charge in [-0.25, -0.2) is 4.98 Å². The topological polar surface area (TPSA) is 59.1 Å². The van der Waals surface area contributed by atoms with Crippen molar-refractivity contribution in [3.8, 4) is 0 Å². The van der Waals surface area contributed by atoms with E-state index in [4.69, 9.17) is 17.3 Å². The van der Waals surface area contributed by atoms with Gasteiger partial charge in [0.15, 0.2) is 0 Å². The summed E-state index contributed by atoms with van der Waals surface area (Å²) in [5.41, 5.74) is 6.47. The van der Waals surface area contributed by atoms with Gasteiger partial charge >= 0.3 is 0 Å². The Kier molecular flexibility index (Phi) is 3.89. The molecule has 4 heteroatoms. The smallest absolute Gasteiger partial charge is 0.129 e. The lowest BCUT2D eigenvalue weighted by Gasteiger charge is -2.30. The Bertz CT molecular complexity index is 389. The molecule has 3 nitrogen and oxygen atoms in total. The van der Waals surface area contributed by atoms with Gasteiger partial charge in [-0.05, 0) is 30.7 Å². The van der Waals surface area contributed by atoms with E-state index in [1.807, 2.05) is 0 Å². The predicted molar refractivity (Wildman–Crippen MR) is 69.7 cm³/mol. The highest BCUT2D eigenvalue weighted by molar-refractivity contribution is 6.30. The van der Waals surface area contributed by atoms with Gasteiger partial charge < -0.3 is 10.8 Å². The monoisotopic (exact) mass is 254 g/mol. The normalized spacial score (nSPS) is 26.8. The number of nitrogens with two attached hydrogens (primary N) is 1. The molecule has 2 rings (SSSR count). The lowest BCUT2D eigenvalue weighted by molar-refractivity contribution is 0.0759. The number of hydrogen-bond acceptors (Lipinski definition) is 3. The molecule has 0 bridgehead atoms. The van der Waals surface area contributed by atoms with Crippen molar-refractivity contribution in [1.82, 2.24) is 4.98 Å². The van der Waals surface area contributed by atoms with E-state index in [0.717, 1.165) is 18.8 Å². The molecule has 0 spiro atoms. The SMILES string of the molecule is CC1CCC(C(O)c2cc(Cl)cnc2N)CC1. The second-order valence-electron chi connectivity index (χ2n) is 5.09. The molecule has 0 aromatic carbocycles. The van der Waals surface area contributed by atoms with Gasteiger partial charge in [-0.1, -0.05) is 31.4 Å². The summed E-state index contributed by atoms with van der Waals surface area (Å²) in [6, 6.07) is 1.73. The van der Waals surface area contributed by atoms with Gasteiger partial charge in [0.05, 0.1) is 11.1 Å². The molecule has 0 saturated heterocycles. The van der Waals surface area contributed by atoms with Crippen LogP contribution in [0.15, 0.2) is 12.3 Å².